The van der Waals surface area contributed by atoms with E-state index >= 15 is 0 Å². The Labute approximate surface area is 280 Å². The van der Waals surface area contributed by atoms with E-state index in [2.05, 4.69) is 0 Å². The van der Waals surface area contributed by atoms with Crippen molar-refractivity contribution in [3.05, 3.63) is 179 Å². The van der Waals surface area contributed by atoms with Gasteiger partial charge in [-0.1, -0.05) is 133 Å². The van der Waals surface area contributed by atoms with Crippen molar-refractivity contribution in [1.29, 1.82) is 0 Å². The smallest absolute Gasteiger partial charge is 0.335 e. The summed E-state index contributed by atoms with van der Waals surface area (Å²) in [4.78, 5) is 12.1. The number of aliphatic hydroxyl groups is 4. The predicted molar refractivity (Wildman–Crippen MR) is 182 cm³/mol. The number of carbonyl (C=O) groups is 1. The number of rotatable bonds is 11. The second-order valence-electron chi connectivity index (χ2n) is 12.8. The highest BCUT2D eigenvalue weighted by atomic mass is 16.6. The molecule has 1 aliphatic heterocycles. The fourth-order valence-electron chi connectivity index (χ4n) is 7.26. The number of carboxylic acids is 1. The Morgan fingerprint density at radius 2 is 1.06 bits per heavy atom. The molecular weight excluding hydrogens is 604 g/mol. The Morgan fingerprint density at radius 3 is 1.56 bits per heavy atom. The third-order valence-corrected chi connectivity index (χ3v) is 9.63. The maximum atomic E-state index is 13.5. The maximum Gasteiger partial charge on any atom is 0.335 e. The Morgan fingerprint density at radius 1 is 0.604 bits per heavy atom. The molecule has 0 aromatic heterocycles. The van der Waals surface area contributed by atoms with Crippen LogP contribution < -0.4 is 0 Å². The Balaban J connectivity index is 1.61. The SMILES string of the molecule is O=C(O)c1cccc([C@@H]2O[C@H](C(O)Cc3ccccc3)[C@](O)(Cc3ccccc3)[C@@](O)(Cc3ccccc3)[C@]2(O)Cc2ccccc2)c1. The summed E-state index contributed by atoms with van der Waals surface area (Å²) >= 11 is 0. The van der Waals surface area contributed by atoms with Gasteiger partial charge in [0.05, 0.1) is 11.7 Å². The lowest BCUT2D eigenvalue weighted by Crippen LogP contribution is -2.81. The van der Waals surface area contributed by atoms with Crippen LogP contribution in [0.25, 0.3) is 0 Å². The number of carboxylic acid groups (broad SMARTS) is 1. The van der Waals surface area contributed by atoms with E-state index in [-0.39, 0.29) is 31.2 Å². The molecule has 0 radical (unpaired) electrons. The summed E-state index contributed by atoms with van der Waals surface area (Å²) in [5, 5.41) is 61.9. The first-order valence-corrected chi connectivity index (χ1v) is 16.1. The third-order valence-electron chi connectivity index (χ3n) is 9.63. The van der Waals surface area contributed by atoms with Gasteiger partial charge < -0.3 is 30.3 Å². The van der Waals surface area contributed by atoms with E-state index in [1.165, 1.54) is 12.1 Å². The van der Waals surface area contributed by atoms with Gasteiger partial charge in [0.15, 0.2) is 0 Å². The standard InChI is InChI=1S/C41H40O7/c42-35(24-29-14-5-1-6-15-29)37-40(46,27-31-18-9-3-10-19-31)41(47,28-32-20-11-4-12-21-32)39(45,26-30-16-7-2-8-17-30)36(48-37)33-22-13-23-34(25-33)38(43)44/h1-23,25,35-37,42,45-47H,24,26-28H2,(H,43,44)/t35?,36-,37+,39-,40+,41+/m0/s1. The van der Waals surface area contributed by atoms with Crippen LogP contribution in [0.1, 0.15) is 44.3 Å². The minimum absolute atomic E-state index is 0.0312. The first-order valence-electron chi connectivity index (χ1n) is 16.1. The quantitative estimate of drug-likeness (QED) is 0.131. The summed E-state index contributed by atoms with van der Waals surface area (Å²) in [6.45, 7) is 0. The molecule has 48 heavy (non-hydrogen) atoms. The largest absolute Gasteiger partial charge is 0.478 e. The Hall–Kier alpha value is -4.63. The van der Waals surface area contributed by atoms with Gasteiger partial charge in [-0.05, 0) is 39.9 Å². The number of hydrogen-bond donors (Lipinski definition) is 5. The van der Waals surface area contributed by atoms with Crippen LogP contribution in [0.2, 0.25) is 0 Å². The number of hydrogen-bond acceptors (Lipinski definition) is 6. The van der Waals surface area contributed by atoms with Crippen molar-refractivity contribution in [2.24, 2.45) is 0 Å². The number of aromatic carboxylic acids is 1. The van der Waals surface area contributed by atoms with E-state index in [1.54, 1.807) is 12.1 Å². The molecule has 0 saturated carbocycles. The van der Waals surface area contributed by atoms with Crippen LogP contribution in [0.5, 0.6) is 0 Å². The molecule has 1 heterocycles. The van der Waals surface area contributed by atoms with E-state index in [0.717, 1.165) is 5.56 Å². The summed E-state index contributed by atoms with van der Waals surface area (Å²) in [5.74, 6) is -1.17. The van der Waals surface area contributed by atoms with Gasteiger partial charge in [-0.2, -0.15) is 0 Å². The van der Waals surface area contributed by atoms with E-state index in [1.807, 2.05) is 121 Å². The van der Waals surface area contributed by atoms with Crippen LogP contribution in [0.4, 0.5) is 0 Å². The lowest BCUT2D eigenvalue weighted by Gasteiger charge is -2.62. The van der Waals surface area contributed by atoms with Crippen molar-refractivity contribution in [2.45, 2.75) is 60.8 Å². The molecule has 5 N–H and O–H groups in total. The highest BCUT2D eigenvalue weighted by Gasteiger charge is 2.72. The first kappa shape index (κ1) is 33.3. The molecule has 6 atom stereocenters. The van der Waals surface area contributed by atoms with E-state index < -0.39 is 41.1 Å². The van der Waals surface area contributed by atoms with Crippen molar-refractivity contribution in [1.82, 2.24) is 0 Å². The Kier molecular flexibility index (Phi) is 9.60. The second-order valence-corrected chi connectivity index (χ2v) is 12.8. The van der Waals surface area contributed by atoms with Crippen LogP contribution in [0.3, 0.4) is 0 Å². The Bertz CT molecular complexity index is 1800. The van der Waals surface area contributed by atoms with Gasteiger partial charge in [0, 0.05) is 25.7 Å². The minimum Gasteiger partial charge on any atom is -0.478 e. The molecular formula is C41H40O7. The monoisotopic (exact) mass is 644 g/mol. The van der Waals surface area contributed by atoms with Crippen molar-refractivity contribution in [3.8, 4) is 0 Å². The molecule has 7 nitrogen and oxygen atoms in total. The van der Waals surface area contributed by atoms with E-state index in [4.69, 9.17) is 4.74 Å². The maximum absolute atomic E-state index is 13.5. The summed E-state index contributed by atoms with van der Waals surface area (Å²) in [7, 11) is 0. The first-order chi connectivity index (χ1) is 23.1. The lowest BCUT2D eigenvalue weighted by atomic mass is 9.56. The van der Waals surface area contributed by atoms with Crippen molar-refractivity contribution in [3.63, 3.8) is 0 Å². The zero-order valence-corrected chi connectivity index (χ0v) is 26.5. The highest BCUT2D eigenvalue weighted by Crippen LogP contribution is 2.55. The van der Waals surface area contributed by atoms with Crippen LogP contribution in [-0.4, -0.2) is 60.5 Å². The average Bonchev–Trinajstić information content (AvgIpc) is 3.09. The van der Waals surface area contributed by atoms with Crippen LogP contribution in [-0.2, 0) is 30.4 Å². The predicted octanol–water partition coefficient (Wildman–Crippen LogP) is 5.35. The minimum atomic E-state index is -2.36. The van der Waals surface area contributed by atoms with Gasteiger partial charge in [-0.3, -0.25) is 0 Å². The molecule has 1 aliphatic rings. The van der Waals surface area contributed by atoms with Crippen molar-refractivity contribution >= 4 is 5.97 Å². The lowest BCUT2D eigenvalue weighted by molar-refractivity contribution is -0.368. The van der Waals surface area contributed by atoms with Crippen molar-refractivity contribution < 1.29 is 35.1 Å². The molecule has 1 unspecified atom stereocenters. The number of benzene rings is 5. The zero-order chi connectivity index (χ0) is 33.8. The van der Waals surface area contributed by atoms with Gasteiger partial charge in [0.1, 0.15) is 29.0 Å². The molecule has 0 spiro atoms. The molecule has 6 rings (SSSR count). The molecule has 1 saturated heterocycles. The van der Waals surface area contributed by atoms with Crippen LogP contribution in [0, 0.1) is 0 Å². The third kappa shape index (κ3) is 6.43. The molecule has 1 fully saturated rings. The van der Waals surface area contributed by atoms with Gasteiger partial charge in [-0.25, -0.2) is 4.79 Å². The highest BCUT2D eigenvalue weighted by molar-refractivity contribution is 5.87. The van der Waals surface area contributed by atoms with Crippen molar-refractivity contribution in [2.75, 3.05) is 0 Å². The van der Waals surface area contributed by atoms with Gasteiger partial charge >= 0.3 is 5.97 Å². The summed E-state index contributed by atoms with van der Waals surface area (Å²) in [5.41, 5.74) is -3.84. The molecule has 0 bridgehead atoms. The van der Waals surface area contributed by atoms with Gasteiger partial charge in [0.25, 0.3) is 0 Å². The average molecular weight is 645 g/mol. The summed E-state index contributed by atoms with van der Waals surface area (Å²) < 4.78 is 6.75. The molecule has 0 aliphatic carbocycles. The fraction of sp³-hybridized carbons (Fsp3) is 0.244. The van der Waals surface area contributed by atoms with Crippen LogP contribution >= 0.6 is 0 Å². The second kappa shape index (κ2) is 13.8. The molecule has 5 aromatic rings. The van der Waals surface area contributed by atoms with Gasteiger partial charge in [0.2, 0.25) is 0 Å². The topological polar surface area (TPSA) is 127 Å². The fourth-order valence-corrected chi connectivity index (χ4v) is 7.26. The summed E-state index contributed by atoms with van der Waals surface area (Å²) in [6.07, 6.45) is -4.56. The normalized spacial score (nSPS) is 26.1. The molecule has 5 aromatic carbocycles. The summed E-state index contributed by atoms with van der Waals surface area (Å²) in [6, 6.07) is 42.7. The number of aliphatic hydroxyl groups excluding tert-OH is 1. The molecule has 246 valence electrons. The van der Waals surface area contributed by atoms with Gasteiger partial charge in [-0.15, -0.1) is 0 Å². The van der Waals surface area contributed by atoms with E-state index in [0.29, 0.717) is 22.3 Å². The zero-order valence-electron chi connectivity index (χ0n) is 26.5. The van der Waals surface area contributed by atoms with E-state index in [9.17, 15) is 30.3 Å². The number of ether oxygens (including phenoxy) is 1. The molecule has 0 amide bonds. The van der Waals surface area contributed by atoms with Crippen LogP contribution in [0.15, 0.2) is 146 Å². The molecule has 7 heteroatoms.